The van der Waals surface area contributed by atoms with Crippen LogP contribution in [-0.2, 0) is 4.79 Å². The Morgan fingerprint density at radius 3 is 2.86 bits per heavy atom. The van der Waals surface area contributed by atoms with Gasteiger partial charge in [0.1, 0.15) is 5.82 Å². The van der Waals surface area contributed by atoms with Gasteiger partial charge in [-0.1, -0.05) is 11.8 Å². The van der Waals surface area contributed by atoms with Gasteiger partial charge < -0.3 is 5.73 Å². The first kappa shape index (κ1) is 10.3. The molecule has 1 aromatic carbocycles. The molecule has 3 heteroatoms. The van der Waals surface area contributed by atoms with E-state index < -0.39 is 5.91 Å². The fourth-order valence-electron chi connectivity index (χ4n) is 0.956. The van der Waals surface area contributed by atoms with Crippen LogP contribution in [0.5, 0.6) is 0 Å². The summed E-state index contributed by atoms with van der Waals surface area (Å²) in [6, 6.07) is 4.54. The largest absolute Gasteiger partial charge is 0.369 e. The second-order valence-electron chi connectivity index (χ2n) is 2.91. The number of carbonyl (C=O) groups is 1. The molecule has 0 saturated heterocycles. The van der Waals surface area contributed by atoms with Crippen molar-refractivity contribution in [2.75, 3.05) is 0 Å². The van der Waals surface area contributed by atoms with E-state index in [0.29, 0.717) is 11.1 Å². The van der Waals surface area contributed by atoms with Gasteiger partial charge in [0, 0.05) is 5.56 Å². The Bertz CT molecular complexity index is 415. The average Bonchev–Trinajstić information content (AvgIpc) is 2.10. The topological polar surface area (TPSA) is 43.1 Å². The number of aryl methyl sites for hydroxylation is 1. The molecule has 0 unspecified atom stereocenters. The molecule has 0 aromatic heterocycles. The first-order valence-corrected chi connectivity index (χ1v) is 4.13. The Morgan fingerprint density at radius 2 is 2.29 bits per heavy atom. The van der Waals surface area contributed by atoms with Crippen LogP contribution in [0.2, 0.25) is 0 Å². The van der Waals surface area contributed by atoms with E-state index in [4.69, 9.17) is 5.73 Å². The van der Waals surface area contributed by atoms with Gasteiger partial charge in [0.05, 0.1) is 6.42 Å². The van der Waals surface area contributed by atoms with Crippen molar-refractivity contribution in [3.05, 3.63) is 35.1 Å². The van der Waals surface area contributed by atoms with E-state index in [1.807, 2.05) is 0 Å². The lowest BCUT2D eigenvalue weighted by molar-refractivity contribution is -0.117. The Balaban J connectivity index is 2.81. The van der Waals surface area contributed by atoms with Crippen LogP contribution in [0, 0.1) is 24.6 Å². The highest BCUT2D eigenvalue weighted by atomic mass is 19.1. The molecule has 0 atom stereocenters. The molecule has 14 heavy (non-hydrogen) atoms. The maximum atomic E-state index is 12.8. The van der Waals surface area contributed by atoms with Crippen molar-refractivity contribution in [1.82, 2.24) is 0 Å². The first-order chi connectivity index (χ1) is 6.59. The molecule has 2 nitrogen and oxygen atoms in total. The molecular formula is C11H10FNO. The van der Waals surface area contributed by atoms with Crippen molar-refractivity contribution in [2.45, 2.75) is 13.3 Å². The van der Waals surface area contributed by atoms with Crippen molar-refractivity contribution in [1.29, 1.82) is 0 Å². The fraction of sp³-hybridized carbons (Fsp3) is 0.182. The summed E-state index contributed by atoms with van der Waals surface area (Å²) in [6.07, 6.45) is 0.0242. The predicted octanol–water partition coefficient (Wildman–Crippen LogP) is 1.36. The minimum absolute atomic E-state index is 0.0242. The number of nitrogens with two attached hydrogens (primary N) is 1. The van der Waals surface area contributed by atoms with Crippen LogP contribution in [0.1, 0.15) is 17.5 Å². The van der Waals surface area contributed by atoms with Gasteiger partial charge in [-0.25, -0.2) is 4.39 Å². The van der Waals surface area contributed by atoms with Crippen LogP contribution in [-0.4, -0.2) is 5.91 Å². The average molecular weight is 191 g/mol. The molecular weight excluding hydrogens is 181 g/mol. The number of hydrogen-bond acceptors (Lipinski definition) is 1. The number of rotatable bonds is 1. The third-order valence-electron chi connectivity index (χ3n) is 1.65. The standard InChI is InChI=1S/C11H10FNO/c1-8-7-9(5-6-10(8)12)3-2-4-11(13)14/h5-7H,4H2,1H3,(H2,13,14). The highest BCUT2D eigenvalue weighted by Gasteiger charge is 1.95. The molecule has 0 saturated carbocycles. The summed E-state index contributed by atoms with van der Waals surface area (Å²) in [5, 5.41) is 0. The van der Waals surface area contributed by atoms with Gasteiger partial charge in [-0.2, -0.15) is 0 Å². The van der Waals surface area contributed by atoms with Gasteiger partial charge >= 0.3 is 0 Å². The van der Waals surface area contributed by atoms with Crippen LogP contribution >= 0.6 is 0 Å². The highest BCUT2D eigenvalue weighted by molar-refractivity contribution is 5.76. The SMILES string of the molecule is Cc1cc(C#CCC(N)=O)ccc1F. The highest BCUT2D eigenvalue weighted by Crippen LogP contribution is 2.07. The molecule has 0 heterocycles. The molecule has 0 bridgehead atoms. The zero-order valence-electron chi connectivity index (χ0n) is 7.80. The number of primary amides is 1. The van der Waals surface area contributed by atoms with Crippen LogP contribution < -0.4 is 5.73 Å². The lowest BCUT2D eigenvalue weighted by Crippen LogP contribution is -2.08. The summed E-state index contributed by atoms with van der Waals surface area (Å²) in [4.78, 5) is 10.4. The van der Waals surface area contributed by atoms with E-state index in [-0.39, 0.29) is 12.2 Å². The fourth-order valence-corrected chi connectivity index (χ4v) is 0.956. The van der Waals surface area contributed by atoms with Crippen molar-refractivity contribution in [3.8, 4) is 11.8 Å². The Kier molecular flexibility index (Phi) is 3.24. The van der Waals surface area contributed by atoms with Crippen molar-refractivity contribution >= 4 is 5.91 Å². The van der Waals surface area contributed by atoms with Crippen LogP contribution in [0.15, 0.2) is 18.2 Å². The van der Waals surface area contributed by atoms with Crippen molar-refractivity contribution in [3.63, 3.8) is 0 Å². The smallest absolute Gasteiger partial charge is 0.229 e. The molecule has 2 N–H and O–H groups in total. The second-order valence-corrected chi connectivity index (χ2v) is 2.91. The molecule has 1 aromatic rings. The molecule has 0 fully saturated rings. The lowest BCUT2D eigenvalue weighted by Gasteiger charge is -1.95. The van der Waals surface area contributed by atoms with Crippen LogP contribution in [0.4, 0.5) is 4.39 Å². The minimum atomic E-state index is -0.462. The summed E-state index contributed by atoms with van der Waals surface area (Å²) in [5.41, 5.74) is 6.13. The van der Waals surface area contributed by atoms with Gasteiger partial charge in [-0.05, 0) is 30.7 Å². The monoisotopic (exact) mass is 191 g/mol. The number of carbonyl (C=O) groups excluding carboxylic acids is 1. The lowest BCUT2D eigenvalue weighted by atomic mass is 10.1. The van der Waals surface area contributed by atoms with E-state index in [1.165, 1.54) is 6.07 Å². The molecule has 0 aliphatic heterocycles. The normalized spacial score (nSPS) is 9.00. The van der Waals surface area contributed by atoms with E-state index in [9.17, 15) is 9.18 Å². The summed E-state index contributed by atoms with van der Waals surface area (Å²) in [5.74, 6) is 4.61. The molecule has 0 radical (unpaired) electrons. The van der Waals surface area contributed by atoms with Gasteiger partial charge in [0.2, 0.25) is 5.91 Å². The van der Waals surface area contributed by atoms with Crippen LogP contribution in [0.3, 0.4) is 0 Å². The summed E-state index contributed by atoms with van der Waals surface area (Å²) in [7, 11) is 0. The van der Waals surface area contributed by atoms with Crippen molar-refractivity contribution < 1.29 is 9.18 Å². The summed E-state index contributed by atoms with van der Waals surface area (Å²) >= 11 is 0. The molecule has 0 aliphatic rings. The predicted molar refractivity (Wildman–Crippen MR) is 51.8 cm³/mol. The van der Waals surface area contributed by atoms with E-state index in [2.05, 4.69) is 11.8 Å². The Hall–Kier alpha value is -1.82. The van der Waals surface area contributed by atoms with E-state index >= 15 is 0 Å². The minimum Gasteiger partial charge on any atom is -0.369 e. The first-order valence-electron chi connectivity index (χ1n) is 4.13. The van der Waals surface area contributed by atoms with Gasteiger partial charge in [0.15, 0.2) is 0 Å². The third kappa shape index (κ3) is 2.91. The maximum absolute atomic E-state index is 12.8. The molecule has 0 spiro atoms. The van der Waals surface area contributed by atoms with Gasteiger partial charge in [0.25, 0.3) is 0 Å². The second kappa shape index (κ2) is 4.43. The summed E-state index contributed by atoms with van der Waals surface area (Å²) in [6.45, 7) is 1.66. The quantitative estimate of drug-likeness (QED) is 0.669. The zero-order valence-corrected chi connectivity index (χ0v) is 7.80. The van der Waals surface area contributed by atoms with Crippen molar-refractivity contribution in [2.24, 2.45) is 5.73 Å². The zero-order chi connectivity index (χ0) is 10.6. The molecule has 1 rings (SSSR count). The maximum Gasteiger partial charge on any atom is 0.229 e. The molecule has 72 valence electrons. The van der Waals surface area contributed by atoms with E-state index in [0.717, 1.165) is 0 Å². The molecule has 1 amide bonds. The number of benzene rings is 1. The van der Waals surface area contributed by atoms with E-state index in [1.54, 1.807) is 19.1 Å². The molecule has 0 aliphatic carbocycles. The number of hydrogen-bond donors (Lipinski definition) is 1. The van der Waals surface area contributed by atoms with Gasteiger partial charge in [-0.15, -0.1) is 0 Å². The summed E-state index contributed by atoms with van der Waals surface area (Å²) < 4.78 is 12.8. The third-order valence-corrected chi connectivity index (χ3v) is 1.65. The van der Waals surface area contributed by atoms with Crippen LogP contribution in [0.25, 0.3) is 0 Å². The number of halogens is 1. The van der Waals surface area contributed by atoms with Gasteiger partial charge in [-0.3, -0.25) is 4.79 Å². The Labute approximate surface area is 81.9 Å². The number of amides is 1. The Morgan fingerprint density at radius 1 is 1.57 bits per heavy atom.